The van der Waals surface area contributed by atoms with Crippen LogP contribution in [-0.4, -0.2) is 12.0 Å². The standard InChI is InChI=1S/C21H19ClFN3S/c22-18-9-2-1-6-15(18)12-16-7-4-10-19-20(16)25-21(26-27-19)24-13-14-5-3-8-17(23)11-14/h1-11,16,20H,12-13H2,(H2,24,25,26). The monoisotopic (exact) mass is 399 g/mol. The van der Waals surface area contributed by atoms with Crippen molar-refractivity contribution in [3.05, 3.63) is 93.6 Å². The lowest BCUT2D eigenvalue weighted by molar-refractivity contribution is 0.514. The second kappa shape index (κ2) is 8.19. The SMILES string of the molecule is Fc1cccc(CN=C2NSC3=CC=CC(Cc4ccccc4Cl)C3N2)c1. The summed E-state index contributed by atoms with van der Waals surface area (Å²) >= 11 is 7.92. The third-order valence-electron chi connectivity index (χ3n) is 4.63. The van der Waals surface area contributed by atoms with Gasteiger partial charge in [-0.05, 0) is 53.8 Å². The molecule has 1 saturated heterocycles. The molecule has 0 spiro atoms. The molecule has 2 aromatic carbocycles. The number of fused-ring (bicyclic) bond motifs is 1. The van der Waals surface area contributed by atoms with Gasteiger partial charge >= 0.3 is 0 Å². The van der Waals surface area contributed by atoms with Gasteiger partial charge in [0.05, 0.1) is 12.6 Å². The summed E-state index contributed by atoms with van der Waals surface area (Å²) in [6.07, 6.45) is 7.27. The van der Waals surface area contributed by atoms with Crippen molar-refractivity contribution >= 4 is 29.5 Å². The maximum Gasteiger partial charge on any atom is 0.202 e. The van der Waals surface area contributed by atoms with Gasteiger partial charge in [0.1, 0.15) is 5.82 Å². The molecule has 3 nitrogen and oxygen atoms in total. The van der Waals surface area contributed by atoms with Crippen molar-refractivity contribution in [1.82, 2.24) is 10.0 Å². The van der Waals surface area contributed by atoms with Gasteiger partial charge in [0, 0.05) is 15.8 Å². The van der Waals surface area contributed by atoms with Gasteiger partial charge in [-0.1, -0.05) is 54.1 Å². The van der Waals surface area contributed by atoms with Gasteiger partial charge in [0.25, 0.3) is 0 Å². The second-order valence-corrected chi connectivity index (χ2v) is 7.82. The Balaban J connectivity index is 1.48. The quantitative estimate of drug-likeness (QED) is 0.721. The number of benzene rings is 2. The number of allylic oxidation sites excluding steroid dienone is 2. The summed E-state index contributed by atoms with van der Waals surface area (Å²) in [7, 11) is 0. The van der Waals surface area contributed by atoms with Crippen LogP contribution in [0.3, 0.4) is 0 Å². The van der Waals surface area contributed by atoms with E-state index in [1.54, 1.807) is 18.0 Å². The van der Waals surface area contributed by atoms with E-state index in [9.17, 15) is 4.39 Å². The topological polar surface area (TPSA) is 36.4 Å². The Labute approximate surface area is 167 Å². The van der Waals surface area contributed by atoms with Crippen molar-refractivity contribution < 1.29 is 4.39 Å². The Morgan fingerprint density at radius 3 is 2.89 bits per heavy atom. The van der Waals surface area contributed by atoms with E-state index in [1.165, 1.54) is 17.0 Å². The maximum atomic E-state index is 13.3. The highest BCUT2D eigenvalue weighted by Gasteiger charge is 2.30. The van der Waals surface area contributed by atoms with E-state index in [4.69, 9.17) is 11.6 Å². The maximum absolute atomic E-state index is 13.3. The van der Waals surface area contributed by atoms with Crippen LogP contribution >= 0.6 is 23.5 Å². The van der Waals surface area contributed by atoms with Gasteiger partial charge in [0.2, 0.25) is 5.96 Å². The Hall–Kier alpha value is -2.24. The van der Waals surface area contributed by atoms with Crippen LogP contribution in [0.2, 0.25) is 5.02 Å². The van der Waals surface area contributed by atoms with Crippen molar-refractivity contribution in [2.75, 3.05) is 0 Å². The molecule has 4 rings (SSSR count). The van der Waals surface area contributed by atoms with E-state index in [0.717, 1.165) is 22.6 Å². The number of nitrogens with one attached hydrogen (secondary N) is 2. The van der Waals surface area contributed by atoms with E-state index in [2.05, 4.69) is 39.3 Å². The van der Waals surface area contributed by atoms with Crippen molar-refractivity contribution in [2.45, 2.75) is 19.0 Å². The molecule has 1 aliphatic heterocycles. The molecule has 2 N–H and O–H groups in total. The molecule has 0 bridgehead atoms. The first-order valence-electron chi connectivity index (χ1n) is 8.79. The van der Waals surface area contributed by atoms with Crippen LogP contribution in [0.1, 0.15) is 11.1 Å². The predicted molar refractivity (Wildman–Crippen MR) is 111 cm³/mol. The molecule has 1 heterocycles. The molecule has 0 radical (unpaired) electrons. The highest BCUT2D eigenvalue weighted by molar-refractivity contribution is 8.01. The zero-order valence-electron chi connectivity index (χ0n) is 14.5. The van der Waals surface area contributed by atoms with E-state index < -0.39 is 0 Å². The molecule has 2 aromatic rings. The van der Waals surface area contributed by atoms with Crippen LogP contribution in [0.4, 0.5) is 4.39 Å². The number of hydrogen-bond donors (Lipinski definition) is 2. The highest BCUT2D eigenvalue weighted by Crippen LogP contribution is 2.32. The molecule has 27 heavy (non-hydrogen) atoms. The molecule has 0 amide bonds. The van der Waals surface area contributed by atoms with Gasteiger partial charge in [-0.2, -0.15) is 0 Å². The zero-order valence-corrected chi connectivity index (χ0v) is 16.1. The normalized spacial score (nSPS) is 22.6. The molecular weight excluding hydrogens is 381 g/mol. The third-order valence-corrected chi connectivity index (χ3v) is 5.92. The van der Waals surface area contributed by atoms with Crippen LogP contribution < -0.4 is 10.0 Å². The fraction of sp³-hybridized carbons (Fsp3) is 0.190. The average Bonchev–Trinajstić information content (AvgIpc) is 2.68. The van der Waals surface area contributed by atoms with E-state index in [-0.39, 0.29) is 17.8 Å². The minimum absolute atomic E-state index is 0.142. The van der Waals surface area contributed by atoms with Gasteiger partial charge in [0.15, 0.2) is 0 Å². The van der Waals surface area contributed by atoms with E-state index >= 15 is 0 Å². The summed E-state index contributed by atoms with van der Waals surface area (Å²) in [5.74, 6) is 0.749. The highest BCUT2D eigenvalue weighted by atomic mass is 35.5. The third kappa shape index (κ3) is 4.37. The molecule has 6 heteroatoms. The van der Waals surface area contributed by atoms with Crippen molar-refractivity contribution in [1.29, 1.82) is 0 Å². The summed E-state index contributed by atoms with van der Waals surface area (Å²) in [4.78, 5) is 5.80. The van der Waals surface area contributed by atoms with Crippen LogP contribution in [-0.2, 0) is 13.0 Å². The lowest BCUT2D eigenvalue weighted by atomic mass is 9.88. The summed E-state index contributed by atoms with van der Waals surface area (Å²) < 4.78 is 16.6. The summed E-state index contributed by atoms with van der Waals surface area (Å²) in [6, 6.07) is 14.6. The van der Waals surface area contributed by atoms with Gasteiger partial charge in [-0.3, -0.25) is 4.72 Å². The Morgan fingerprint density at radius 1 is 1.15 bits per heavy atom. The zero-order chi connectivity index (χ0) is 18.6. The predicted octanol–water partition coefficient (Wildman–Crippen LogP) is 4.86. The molecule has 2 aliphatic rings. The number of hydrogen-bond acceptors (Lipinski definition) is 2. The second-order valence-electron chi connectivity index (χ2n) is 6.53. The van der Waals surface area contributed by atoms with Crippen LogP contribution in [0, 0.1) is 11.7 Å². The smallest absolute Gasteiger partial charge is 0.202 e. The molecule has 0 aromatic heterocycles. The first-order chi connectivity index (χ1) is 13.2. The van der Waals surface area contributed by atoms with Crippen LogP contribution in [0.15, 0.2) is 76.7 Å². The first kappa shape index (κ1) is 18.1. The lowest BCUT2D eigenvalue weighted by Crippen LogP contribution is -2.50. The lowest BCUT2D eigenvalue weighted by Gasteiger charge is -2.35. The van der Waals surface area contributed by atoms with Crippen molar-refractivity contribution in [3.63, 3.8) is 0 Å². The molecule has 2 unspecified atom stereocenters. The average molecular weight is 400 g/mol. The fourth-order valence-electron chi connectivity index (χ4n) is 3.27. The number of nitrogens with zero attached hydrogens (tertiary/aromatic N) is 1. The van der Waals surface area contributed by atoms with E-state index in [0.29, 0.717) is 12.5 Å². The minimum atomic E-state index is -0.242. The summed E-state index contributed by atoms with van der Waals surface area (Å²) in [6.45, 7) is 0.421. The molecular formula is C21H19ClFN3S. The number of halogens is 2. The van der Waals surface area contributed by atoms with Crippen LogP contribution in [0.5, 0.6) is 0 Å². The number of guanidine groups is 1. The molecule has 0 saturated carbocycles. The van der Waals surface area contributed by atoms with Gasteiger partial charge in [-0.25, -0.2) is 9.38 Å². The number of aliphatic imine (C=N–C) groups is 1. The molecule has 1 fully saturated rings. The fourth-order valence-corrected chi connectivity index (χ4v) is 4.32. The van der Waals surface area contributed by atoms with Gasteiger partial charge < -0.3 is 5.32 Å². The largest absolute Gasteiger partial charge is 0.348 e. The molecule has 138 valence electrons. The molecule has 2 atom stereocenters. The Morgan fingerprint density at radius 2 is 2.04 bits per heavy atom. The van der Waals surface area contributed by atoms with Crippen molar-refractivity contribution in [2.24, 2.45) is 10.9 Å². The first-order valence-corrected chi connectivity index (χ1v) is 9.98. The molecule has 1 aliphatic carbocycles. The Kier molecular flexibility index (Phi) is 5.50. The van der Waals surface area contributed by atoms with Gasteiger partial charge in [-0.15, -0.1) is 0 Å². The van der Waals surface area contributed by atoms with Crippen LogP contribution in [0.25, 0.3) is 0 Å². The summed E-state index contributed by atoms with van der Waals surface area (Å²) in [5.41, 5.74) is 1.98. The Bertz CT molecular complexity index is 925. The minimum Gasteiger partial charge on any atom is -0.348 e. The summed E-state index contributed by atoms with van der Waals surface area (Å²) in [5, 5.41) is 4.29. The number of rotatable bonds is 4. The van der Waals surface area contributed by atoms with E-state index in [1.807, 2.05) is 24.3 Å². The van der Waals surface area contributed by atoms with Crippen molar-refractivity contribution in [3.8, 4) is 0 Å².